The van der Waals surface area contributed by atoms with Gasteiger partial charge in [0.15, 0.2) is 11.9 Å². The molecule has 1 heterocycles. The summed E-state index contributed by atoms with van der Waals surface area (Å²) in [7, 11) is 1.59. The zero-order valence-electron chi connectivity index (χ0n) is 8.41. The highest BCUT2D eigenvalue weighted by Gasteiger charge is 2.20. The van der Waals surface area contributed by atoms with Crippen LogP contribution in [0.2, 0.25) is 0 Å². The van der Waals surface area contributed by atoms with E-state index in [9.17, 15) is 9.30 Å². The predicted molar refractivity (Wildman–Crippen MR) is 52.8 cm³/mol. The molecule has 16 heavy (non-hydrogen) atoms. The van der Waals surface area contributed by atoms with Crippen LogP contribution in [0.25, 0.3) is 0 Å². The Morgan fingerprint density at radius 3 is 2.88 bits per heavy atom. The summed E-state index contributed by atoms with van der Waals surface area (Å²) in [5.74, 6) is -0.151. The van der Waals surface area contributed by atoms with E-state index in [2.05, 4.69) is 20.7 Å². The Bertz CT molecular complexity index is 512. The van der Waals surface area contributed by atoms with E-state index >= 15 is 0 Å². The summed E-state index contributed by atoms with van der Waals surface area (Å²) in [5.41, 5.74) is 0.424. The number of halogens is 1. The average Bonchev–Trinajstić information content (AvgIpc) is 2.67. The van der Waals surface area contributed by atoms with Gasteiger partial charge in [0.2, 0.25) is 0 Å². The molecule has 1 aromatic heterocycles. The zero-order chi connectivity index (χ0) is 11.5. The summed E-state index contributed by atoms with van der Waals surface area (Å²) in [4.78, 5) is 10.8. The minimum absolute atomic E-state index is 0.278. The van der Waals surface area contributed by atoms with Crippen LogP contribution < -0.4 is 0 Å². The van der Waals surface area contributed by atoms with Gasteiger partial charge in [-0.1, -0.05) is 17.3 Å². The Labute approximate surface area is 90.1 Å². The molecule has 0 radical (unpaired) electrons. The Balaban J connectivity index is 2.44. The molecule has 6 nitrogen and oxygen atoms in total. The summed E-state index contributed by atoms with van der Waals surface area (Å²) >= 11 is 0. The standard InChI is InChI=1S/C9H8FN5O/c1-15-9(11-13-14-15)8(12-16)6-3-2-4-7(10)5-6/h2-5,8H,1H3. The number of nitrogens with zero attached hydrogens (tertiary/aromatic N) is 5. The molecule has 1 aromatic carbocycles. The minimum Gasteiger partial charge on any atom is -0.230 e. The Hall–Kier alpha value is -2.18. The first-order valence-electron chi connectivity index (χ1n) is 4.52. The van der Waals surface area contributed by atoms with E-state index in [-0.39, 0.29) is 5.82 Å². The molecule has 7 heteroatoms. The second-order valence-electron chi connectivity index (χ2n) is 3.22. The molecule has 0 saturated carbocycles. The van der Waals surface area contributed by atoms with E-state index < -0.39 is 11.9 Å². The first-order valence-corrected chi connectivity index (χ1v) is 4.52. The summed E-state index contributed by atoms with van der Waals surface area (Å²) in [6.45, 7) is 0. The second kappa shape index (κ2) is 4.13. The molecule has 0 N–H and O–H groups in total. The average molecular weight is 221 g/mol. The quantitative estimate of drug-likeness (QED) is 0.730. The first-order chi connectivity index (χ1) is 7.72. The fourth-order valence-electron chi connectivity index (χ4n) is 1.40. The topological polar surface area (TPSA) is 73.0 Å². The fourth-order valence-corrected chi connectivity index (χ4v) is 1.40. The normalized spacial score (nSPS) is 12.4. The second-order valence-corrected chi connectivity index (χ2v) is 3.22. The van der Waals surface area contributed by atoms with E-state index in [1.54, 1.807) is 13.1 Å². The van der Waals surface area contributed by atoms with Crippen LogP contribution in [0.3, 0.4) is 0 Å². The molecule has 0 spiro atoms. The van der Waals surface area contributed by atoms with Crippen molar-refractivity contribution in [3.05, 3.63) is 46.4 Å². The Morgan fingerprint density at radius 1 is 1.50 bits per heavy atom. The van der Waals surface area contributed by atoms with Crippen LogP contribution in [-0.4, -0.2) is 20.2 Å². The maximum Gasteiger partial charge on any atom is 0.183 e. The van der Waals surface area contributed by atoms with Crippen molar-refractivity contribution in [2.75, 3.05) is 0 Å². The molecular weight excluding hydrogens is 213 g/mol. The molecule has 0 aliphatic carbocycles. The van der Waals surface area contributed by atoms with Gasteiger partial charge in [-0.2, -0.15) is 0 Å². The predicted octanol–water partition coefficient (Wildman–Crippen LogP) is 1.20. The van der Waals surface area contributed by atoms with Crippen LogP contribution in [0.1, 0.15) is 17.4 Å². The number of rotatable bonds is 3. The van der Waals surface area contributed by atoms with Gasteiger partial charge in [-0.3, -0.25) is 0 Å². The van der Waals surface area contributed by atoms with Crippen molar-refractivity contribution in [3.63, 3.8) is 0 Å². The first kappa shape index (κ1) is 10.3. The van der Waals surface area contributed by atoms with Crippen molar-refractivity contribution in [1.82, 2.24) is 20.2 Å². The maximum atomic E-state index is 13.0. The largest absolute Gasteiger partial charge is 0.230 e. The summed E-state index contributed by atoms with van der Waals surface area (Å²) in [6.07, 6.45) is 0. The number of hydrogen-bond acceptors (Lipinski definition) is 5. The van der Waals surface area contributed by atoms with Gasteiger partial charge < -0.3 is 0 Å². The van der Waals surface area contributed by atoms with Gasteiger partial charge in [0.25, 0.3) is 0 Å². The Morgan fingerprint density at radius 2 is 2.31 bits per heavy atom. The molecule has 0 fully saturated rings. The summed E-state index contributed by atoms with van der Waals surface area (Å²) in [5, 5.41) is 13.6. The third-order valence-electron chi connectivity index (χ3n) is 2.17. The highest BCUT2D eigenvalue weighted by molar-refractivity contribution is 5.25. The van der Waals surface area contributed by atoms with Gasteiger partial charge in [0.1, 0.15) is 5.82 Å². The fraction of sp³-hybridized carbons (Fsp3) is 0.222. The van der Waals surface area contributed by atoms with E-state index in [0.717, 1.165) is 0 Å². The molecule has 2 rings (SSSR count). The number of benzene rings is 1. The molecule has 0 saturated heterocycles. The summed E-state index contributed by atoms with van der Waals surface area (Å²) < 4.78 is 14.3. The number of hydrogen-bond donors (Lipinski definition) is 0. The van der Waals surface area contributed by atoms with Crippen LogP contribution in [0.4, 0.5) is 4.39 Å². The number of tetrazole rings is 1. The summed E-state index contributed by atoms with van der Waals surface area (Å²) in [6, 6.07) is 4.74. The minimum atomic E-state index is -0.893. The molecule has 1 unspecified atom stereocenters. The molecule has 0 aliphatic rings. The van der Waals surface area contributed by atoms with Gasteiger partial charge in [0, 0.05) is 7.05 Å². The molecule has 82 valence electrons. The van der Waals surface area contributed by atoms with Crippen LogP contribution in [0.15, 0.2) is 29.4 Å². The van der Waals surface area contributed by atoms with E-state index in [4.69, 9.17) is 0 Å². The van der Waals surface area contributed by atoms with Gasteiger partial charge >= 0.3 is 0 Å². The van der Waals surface area contributed by atoms with Gasteiger partial charge in [-0.05, 0) is 28.1 Å². The highest BCUT2D eigenvalue weighted by atomic mass is 19.1. The van der Waals surface area contributed by atoms with Crippen molar-refractivity contribution in [1.29, 1.82) is 0 Å². The number of aromatic nitrogens is 4. The van der Waals surface area contributed by atoms with E-state index in [0.29, 0.717) is 5.56 Å². The van der Waals surface area contributed by atoms with Crippen molar-refractivity contribution >= 4 is 0 Å². The monoisotopic (exact) mass is 221 g/mol. The van der Waals surface area contributed by atoms with Gasteiger partial charge in [-0.25, -0.2) is 9.07 Å². The third kappa shape index (κ3) is 1.79. The van der Waals surface area contributed by atoms with Crippen LogP contribution in [-0.2, 0) is 7.05 Å². The van der Waals surface area contributed by atoms with Crippen LogP contribution in [0.5, 0.6) is 0 Å². The van der Waals surface area contributed by atoms with Crippen molar-refractivity contribution in [2.24, 2.45) is 12.2 Å². The van der Waals surface area contributed by atoms with E-state index in [1.165, 1.54) is 22.9 Å². The van der Waals surface area contributed by atoms with Crippen molar-refractivity contribution in [3.8, 4) is 0 Å². The third-order valence-corrected chi connectivity index (χ3v) is 2.17. The van der Waals surface area contributed by atoms with Gasteiger partial charge in [-0.15, -0.1) is 10.0 Å². The Kier molecular flexibility index (Phi) is 2.67. The molecule has 2 aromatic rings. The van der Waals surface area contributed by atoms with Crippen LogP contribution in [0, 0.1) is 10.7 Å². The zero-order valence-corrected chi connectivity index (χ0v) is 8.41. The van der Waals surface area contributed by atoms with Gasteiger partial charge in [0.05, 0.1) is 0 Å². The van der Waals surface area contributed by atoms with Crippen molar-refractivity contribution in [2.45, 2.75) is 6.04 Å². The lowest BCUT2D eigenvalue weighted by atomic mass is 10.1. The molecule has 0 bridgehead atoms. The lowest BCUT2D eigenvalue weighted by Gasteiger charge is -2.07. The lowest BCUT2D eigenvalue weighted by molar-refractivity contribution is 0.616. The maximum absolute atomic E-state index is 13.0. The van der Waals surface area contributed by atoms with Crippen molar-refractivity contribution < 1.29 is 4.39 Å². The highest BCUT2D eigenvalue weighted by Crippen LogP contribution is 2.23. The number of nitroso groups, excluding NO2 is 1. The van der Waals surface area contributed by atoms with E-state index in [1.807, 2.05) is 0 Å². The lowest BCUT2D eigenvalue weighted by Crippen LogP contribution is -2.06. The van der Waals surface area contributed by atoms with Crippen LogP contribution >= 0.6 is 0 Å². The number of aryl methyl sites for hydroxylation is 1. The molecular formula is C9H8FN5O. The smallest absolute Gasteiger partial charge is 0.183 e. The molecule has 0 aliphatic heterocycles. The molecule has 0 amide bonds. The SMILES string of the molecule is Cn1nnnc1C(N=O)c1cccc(F)c1. The molecule has 1 atom stereocenters.